The van der Waals surface area contributed by atoms with Crippen LogP contribution in [0.15, 0.2) is 24.3 Å². The van der Waals surface area contributed by atoms with Gasteiger partial charge in [0.25, 0.3) is 6.43 Å². The van der Waals surface area contributed by atoms with Crippen LogP contribution in [0.3, 0.4) is 0 Å². The summed E-state index contributed by atoms with van der Waals surface area (Å²) in [6, 6.07) is 2.20. The molecule has 0 amide bonds. The fourth-order valence-electron chi connectivity index (χ4n) is 1.76. The molecule has 1 aromatic carbocycles. The molecular weight excluding hydrogens is 326 g/mol. The SMILES string of the molecule is FC(F)c1cc(C(F)(F)F)nc2cc(OC(F)(F)F)ccc12. The number of pyridine rings is 1. The van der Waals surface area contributed by atoms with Gasteiger partial charge in [-0.05, 0) is 18.2 Å². The predicted molar refractivity (Wildman–Crippen MR) is 58.4 cm³/mol. The van der Waals surface area contributed by atoms with Crippen molar-refractivity contribution in [1.29, 1.82) is 0 Å². The highest BCUT2D eigenvalue weighted by molar-refractivity contribution is 5.84. The highest BCUT2D eigenvalue weighted by Gasteiger charge is 2.35. The third-order valence-corrected chi connectivity index (χ3v) is 2.57. The summed E-state index contributed by atoms with van der Waals surface area (Å²) in [5.74, 6) is -0.855. The van der Waals surface area contributed by atoms with E-state index in [1.54, 1.807) is 0 Å². The highest BCUT2D eigenvalue weighted by Crippen LogP contribution is 2.36. The van der Waals surface area contributed by atoms with Crippen LogP contribution < -0.4 is 4.74 Å². The molecule has 0 unspecified atom stereocenters. The minimum Gasteiger partial charge on any atom is -0.406 e. The third kappa shape index (κ3) is 3.55. The normalized spacial score (nSPS) is 13.0. The summed E-state index contributed by atoms with van der Waals surface area (Å²) in [5.41, 5.74) is -3.28. The molecule has 0 aliphatic heterocycles. The maximum absolute atomic E-state index is 12.8. The molecule has 10 heteroatoms. The summed E-state index contributed by atoms with van der Waals surface area (Å²) >= 11 is 0. The Morgan fingerprint density at radius 3 is 2.09 bits per heavy atom. The van der Waals surface area contributed by atoms with Gasteiger partial charge >= 0.3 is 12.5 Å². The summed E-state index contributed by atoms with van der Waals surface area (Å²) in [7, 11) is 0. The van der Waals surface area contributed by atoms with Crippen molar-refractivity contribution in [3.05, 3.63) is 35.5 Å². The number of benzene rings is 1. The van der Waals surface area contributed by atoms with Crippen molar-refractivity contribution in [1.82, 2.24) is 4.98 Å². The van der Waals surface area contributed by atoms with Crippen molar-refractivity contribution in [2.45, 2.75) is 19.0 Å². The third-order valence-electron chi connectivity index (χ3n) is 2.57. The van der Waals surface area contributed by atoms with Crippen molar-refractivity contribution >= 4 is 10.9 Å². The van der Waals surface area contributed by atoms with E-state index in [1.165, 1.54) is 0 Å². The van der Waals surface area contributed by atoms with Gasteiger partial charge in [-0.25, -0.2) is 13.8 Å². The van der Waals surface area contributed by atoms with Gasteiger partial charge in [0.1, 0.15) is 11.4 Å². The summed E-state index contributed by atoms with van der Waals surface area (Å²) in [6.45, 7) is 0. The van der Waals surface area contributed by atoms with Crippen LogP contribution in [0, 0.1) is 0 Å². The van der Waals surface area contributed by atoms with Gasteiger partial charge in [0, 0.05) is 17.0 Å². The van der Waals surface area contributed by atoms with Crippen LogP contribution in [0.5, 0.6) is 5.75 Å². The van der Waals surface area contributed by atoms with Crippen molar-refractivity contribution in [2.75, 3.05) is 0 Å². The second kappa shape index (κ2) is 5.25. The first-order valence-electron chi connectivity index (χ1n) is 5.53. The van der Waals surface area contributed by atoms with E-state index in [0.717, 1.165) is 12.1 Å². The zero-order valence-corrected chi connectivity index (χ0v) is 10.3. The van der Waals surface area contributed by atoms with Gasteiger partial charge in [-0.1, -0.05) is 0 Å². The molecule has 0 bridgehead atoms. The molecule has 0 N–H and O–H groups in total. The van der Waals surface area contributed by atoms with Gasteiger partial charge < -0.3 is 4.74 Å². The Bertz CT molecular complexity index is 692. The van der Waals surface area contributed by atoms with Gasteiger partial charge in [-0.15, -0.1) is 13.2 Å². The Morgan fingerprint density at radius 2 is 1.59 bits per heavy atom. The number of ether oxygens (including phenoxy) is 1. The lowest BCUT2D eigenvalue weighted by molar-refractivity contribution is -0.274. The van der Waals surface area contributed by atoms with E-state index >= 15 is 0 Å². The van der Waals surface area contributed by atoms with Crippen molar-refractivity contribution in [2.24, 2.45) is 0 Å². The second-order valence-corrected chi connectivity index (χ2v) is 4.12. The summed E-state index contributed by atoms with van der Waals surface area (Å²) in [5, 5.41) is -0.391. The van der Waals surface area contributed by atoms with E-state index in [2.05, 4.69) is 9.72 Å². The number of alkyl halides is 8. The number of halogens is 8. The van der Waals surface area contributed by atoms with Gasteiger partial charge in [-0.2, -0.15) is 13.2 Å². The largest absolute Gasteiger partial charge is 0.573 e. The van der Waals surface area contributed by atoms with E-state index in [-0.39, 0.29) is 6.07 Å². The molecule has 2 nitrogen and oxygen atoms in total. The number of rotatable bonds is 2. The molecule has 1 heterocycles. The molecular formula is C12H5F8NO. The van der Waals surface area contributed by atoms with Crippen molar-refractivity contribution < 1.29 is 39.9 Å². The summed E-state index contributed by atoms with van der Waals surface area (Å²) in [4.78, 5) is 3.07. The average Bonchev–Trinajstić information content (AvgIpc) is 2.33. The Balaban J connectivity index is 2.64. The van der Waals surface area contributed by atoms with E-state index in [1.807, 2.05) is 0 Å². The lowest BCUT2D eigenvalue weighted by Crippen LogP contribution is -2.17. The number of fused-ring (bicyclic) bond motifs is 1. The topological polar surface area (TPSA) is 22.1 Å². The number of hydrogen-bond donors (Lipinski definition) is 0. The zero-order valence-electron chi connectivity index (χ0n) is 10.3. The zero-order chi connectivity index (χ0) is 16.7. The highest BCUT2D eigenvalue weighted by atomic mass is 19.4. The van der Waals surface area contributed by atoms with Crippen LogP contribution in [0.2, 0.25) is 0 Å². The van der Waals surface area contributed by atoms with Crippen LogP contribution in [-0.2, 0) is 6.18 Å². The molecule has 22 heavy (non-hydrogen) atoms. The first kappa shape index (κ1) is 16.2. The number of aromatic nitrogens is 1. The minimum atomic E-state index is -5.07. The maximum atomic E-state index is 12.8. The molecule has 0 saturated heterocycles. The quantitative estimate of drug-likeness (QED) is 0.715. The van der Waals surface area contributed by atoms with Gasteiger partial charge in [0.2, 0.25) is 0 Å². The Labute approximate surface area is 117 Å². The summed E-state index contributed by atoms with van der Waals surface area (Å²) < 4.78 is 103. The Hall–Kier alpha value is -2.13. The monoisotopic (exact) mass is 331 g/mol. The van der Waals surface area contributed by atoms with Gasteiger partial charge in [0.05, 0.1) is 5.52 Å². The van der Waals surface area contributed by atoms with E-state index < -0.39 is 46.9 Å². The maximum Gasteiger partial charge on any atom is 0.573 e. The van der Waals surface area contributed by atoms with Crippen molar-refractivity contribution in [3.8, 4) is 5.75 Å². The molecule has 2 aromatic rings. The smallest absolute Gasteiger partial charge is 0.406 e. The fourth-order valence-corrected chi connectivity index (χ4v) is 1.76. The first-order chi connectivity index (χ1) is 9.97. The van der Waals surface area contributed by atoms with Crippen LogP contribution in [0.1, 0.15) is 17.7 Å². The molecule has 0 saturated carbocycles. The van der Waals surface area contributed by atoms with Gasteiger partial charge in [-0.3, -0.25) is 0 Å². The lowest BCUT2D eigenvalue weighted by atomic mass is 10.1. The molecule has 0 aliphatic rings. The van der Waals surface area contributed by atoms with Crippen LogP contribution >= 0.6 is 0 Å². The first-order valence-corrected chi connectivity index (χ1v) is 5.53. The standard InChI is InChI=1S/C12H5F8NO/c13-10(14)7-4-9(11(15,16)17)21-8-3-5(1-2-6(7)8)22-12(18,19)20/h1-4,10H. The van der Waals surface area contributed by atoms with Crippen LogP contribution in [0.25, 0.3) is 10.9 Å². The Kier molecular flexibility index (Phi) is 3.88. The molecule has 0 fully saturated rings. The van der Waals surface area contributed by atoms with Crippen LogP contribution in [-0.4, -0.2) is 11.3 Å². The molecule has 0 radical (unpaired) electrons. The average molecular weight is 331 g/mol. The van der Waals surface area contributed by atoms with E-state index in [4.69, 9.17) is 0 Å². The lowest BCUT2D eigenvalue weighted by Gasteiger charge is -2.13. The minimum absolute atomic E-state index is 0.164. The number of hydrogen-bond acceptors (Lipinski definition) is 2. The number of nitrogens with zero attached hydrogens (tertiary/aromatic N) is 1. The van der Waals surface area contributed by atoms with Crippen LogP contribution in [0.4, 0.5) is 35.1 Å². The van der Waals surface area contributed by atoms with E-state index in [0.29, 0.717) is 6.07 Å². The van der Waals surface area contributed by atoms with Gasteiger partial charge in [0.15, 0.2) is 0 Å². The second-order valence-electron chi connectivity index (χ2n) is 4.12. The molecule has 0 atom stereocenters. The van der Waals surface area contributed by atoms with Crippen molar-refractivity contribution in [3.63, 3.8) is 0 Å². The Morgan fingerprint density at radius 1 is 0.955 bits per heavy atom. The fraction of sp³-hybridized carbons (Fsp3) is 0.250. The summed E-state index contributed by atoms with van der Waals surface area (Å²) in [6.07, 6.45) is -13.3. The molecule has 1 aromatic heterocycles. The molecule has 0 aliphatic carbocycles. The molecule has 120 valence electrons. The predicted octanol–water partition coefficient (Wildman–Crippen LogP) is 5.09. The molecule has 0 spiro atoms. The van der Waals surface area contributed by atoms with E-state index in [9.17, 15) is 35.1 Å². The molecule has 2 rings (SSSR count).